The van der Waals surface area contributed by atoms with Crippen LogP contribution < -0.4 is 0 Å². The molecule has 0 bridgehead atoms. The van der Waals surface area contributed by atoms with Gasteiger partial charge in [-0.15, -0.1) is 0 Å². The fourth-order valence-electron chi connectivity index (χ4n) is 1.44. The van der Waals surface area contributed by atoms with E-state index in [1.807, 2.05) is 0 Å². The third kappa shape index (κ3) is 2.24. The summed E-state index contributed by atoms with van der Waals surface area (Å²) in [7, 11) is 0. The largest absolute Gasteiger partial charge is 0.421 e. The molecule has 1 heterocycles. The molecule has 2 rings (SSSR count). The number of alkyl halides is 6. The number of fused-ring (bicyclic) bond motifs is 1. The van der Waals surface area contributed by atoms with Gasteiger partial charge < -0.3 is 0 Å². The minimum atomic E-state index is -5.51. The zero-order valence-corrected chi connectivity index (χ0v) is 8.50. The molecule has 0 N–H and O–H groups in total. The maximum Gasteiger partial charge on any atom is 0.421 e. The Morgan fingerprint density at radius 3 is 1.56 bits per heavy atom. The molecule has 0 radical (unpaired) electrons. The molecule has 1 aromatic heterocycles. The molecule has 0 saturated carbocycles. The number of hydrogen-bond donors (Lipinski definition) is 0. The standard InChI is InChI=1S/C9H5F6N3/c10-8(11,12)7(9(13,14)15)18-16-5-3-1-2-4-6(5)17-18/h1-4,7H. The summed E-state index contributed by atoms with van der Waals surface area (Å²) < 4.78 is 74.5. The van der Waals surface area contributed by atoms with Gasteiger partial charge in [0.2, 0.25) is 0 Å². The number of hydrogen-bond acceptors (Lipinski definition) is 2. The molecule has 0 aliphatic rings. The van der Waals surface area contributed by atoms with Crippen LogP contribution >= 0.6 is 0 Å². The van der Waals surface area contributed by atoms with Gasteiger partial charge in [-0.3, -0.25) is 0 Å². The maximum atomic E-state index is 12.4. The molecule has 0 aliphatic heterocycles. The summed E-state index contributed by atoms with van der Waals surface area (Å²) >= 11 is 0. The SMILES string of the molecule is FC(F)(F)C(n1nc2ccccc2n1)C(F)(F)F. The fraction of sp³-hybridized carbons (Fsp3) is 0.333. The third-order valence-corrected chi connectivity index (χ3v) is 2.15. The van der Waals surface area contributed by atoms with Gasteiger partial charge in [0, 0.05) is 0 Å². The second-order valence-corrected chi connectivity index (χ2v) is 3.49. The Morgan fingerprint density at radius 2 is 1.22 bits per heavy atom. The highest BCUT2D eigenvalue weighted by Crippen LogP contribution is 2.42. The zero-order chi connectivity index (χ0) is 13.6. The summed E-state index contributed by atoms with van der Waals surface area (Å²) in [5.74, 6) is 0. The van der Waals surface area contributed by atoms with Crippen LogP contribution in [0.2, 0.25) is 0 Å². The lowest BCUT2D eigenvalue weighted by Crippen LogP contribution is -2.39. The van der Waals surface area contributed by atoms with Crippen molar-refractivity contribution >= 4 is 11.0 Å². The molecule has 98 valence electrons. The van der Waals surface area contributed by atoms with Crippen LogP contribution in [0.1, 0.15) is 6.04 Å². The van der Waals surface area contributed by atoms with Gasteiger partial charge in [-0.25, -0.2) is 0 Å². The summed E-state index contributed by atoms with van der Waals surface area (Å²) in [5.41, 5.74) is -0.0630. The minimum absolute atomic E-state index is 0.0315. The summed E-state index contributed by atoms with van der Waals surface area (Å²) in [6.07, 6.45) is -11.0. The highest BCUT2D eigenvalue weighted by molar-refractivity contribution is 5.73. The van der Waals surface area contributed by atoms with Crippen LogP contribution in [0, 0.1) is 0 Å². The number of nitrogens with zero attached hydrogens (tertiary/aromatic N) is 3. The van der Waals surface area contributed by atoms with Gasteiger partial charge in [0.15, 0.2) is 0 Å². The van der Waals surface area contributed by atoms with E-state index in [-0.39, 0.29) is 15.8 Å². The number of aromatic nitrogens is 3. The van der Waals surface area contributed by atoms with E-state index in [0.29, 0.717) is 0 Å². The summed E-state index contributed by atoms with van der Waals surface area (Å²) in [6.45, 7) is 0. The maximum absolute atomic E-state index is 12.4. The highest BCUT2D eigenvalue weighted by Gasteiger charge is 2.59. The number of halogens is 6. The van der Waals surface area contributed by atoms with E-state index < -0.39 is 18.4 Å². The fourth-order valence-corrected chi connectivity index (χ4v) is 1.44. The van der Waals surface area contributed by atoms with Crippen LogP contribution in [0.5, 0.6) is 0 Å². The van der Waals surface area contributed by atoms with Crippen molar-refractivity contribution < 1.29 is 26.3 Å². The lowest BCUT2D eigenvalue weighted by atomic mass is 10.3. The smallest absolute Gasteiger partial charge is 0.168 e. The molecule has 18 heavy (non-hydrogen) atoms. The summed E-state index contributed by atoms with van der Waals surface area (Å²) in [4.78, 5) is -0.343. The van der Waals surface area contributed by atoms with E-state index in [2.05, 4.69) is 10.2 Å². The van der Waals surface area contributed by atoms with Gasteiger partial charge in [0.05, 0.1) is 0 Å². The Balaban J connectivity index is 2.55. The molecule has 0 unspecified atom stereocenters. The van der Waals surface area contributed by atoms with Gasteiger partial charge in [0.25, 0.3) is 6.04 Å². The summed E-state index contributed by atoms with van der Waals surface area (Å²) in [6, 6.07) is 1.71. The molecule has 0 atom stereocenters. The van der Waals surface area contributed by atoms with Gasteiger partial charge >= 0.3 is 12.4 Å². The second kappa shape index (κ2) is 3.85. The van der Waals surface area contributed by atoms with Crippen LogP contribution in [0.25, 0.3) is 11.0 Å². The second-order valence-electron chi connectivity index (χ2n) is 3.49. The molecule has 0 spiro atoms. The number of rotatable bonds is 1. The predicted molar refractivity (Wildman–Crippen MR) is 48.7 cm³/mol. The van der Waals surface area contributed by atoms with Crippen molar-refractivity contribution in [3.8, 4) is 0 Å². The normalized spacial score (nSPS) is 13.5. The monoisotopic (exact) mass is 269 g/mol. The van der Waals surface area contributed by atoms with E-state index in [4.69, 9.17) is 0 Å². The predicted octanol–water partition coefficient (Wildman–Crippen LogP) is 3.10. The minimum Gasteiger partial charge on any atom is -0.168 e. The molecule has 0 amide bonds. The van der Waals surface area contributed by atoms with Crippen LogP contribution in [0.3, 0.4) is 0 Å². The lowest BCUT2D eigenvalue weighted by molar-refractivity contribution is -0.279. The van der Waals surface area contributed by atoms with E-state index in [9.17, 15) is 26.3 Å². The highest BCUT2D eigenvalue weighted by atomic mass is 19.4. The van der Waals surface area contributed by atoms with Gasteiger partial charge in [-0.2, -0.15) is 41.3 Å². The van der Waals surface area contributed by atoms with E-state index in [1.165, 1.54) is 24.3 Å². The van der Waals surface area contributed by atoms with Crippen molar-refractivity contribution in [2.45, 2.75) is 18.4 Å². The van der Waals surface area contributed by atoms with Crippen molar-refractivity contribution in [3.63, 3.8) is 0 Å². The van der Waals surface area contributed by atoms with E-state index in [0.717, 1.165) is 0 Å². The van der Waals surface area contributed by atoms with Crippen LogP contribution in [0.4, 0.5) is 26.3 Å². The quantitative estimate of drug-likeness (QED) is 0.745. The molecule has 1 aromatic carbocycles. The average Bonchev–Trinajstić information content (AvgIpc) is 2.54. The first-order chi connectivity index (χ1) is 8.19. The van der Waals surface area contributed by atoms with Crippen molar-refractivity contribution in [1.82, 2.24) is 15.0 Å². The van der Waals surface area contributed by atoms with Crippen LogP contribution in [0.15, 0.2) is 24.3 Å². The first kappa shape index (κ1) is 12.7. The Hall–Kier alpha value is -1.80. The first-order valence-electron chi connectivity index (χ1n) is 4.64. The molecule has 3 nitrogen and oxygen atoms in total. The van der Waals surface area contributed by atoms with E-state index in [1.54, 1.807) is 0 Å². The molecule has 0 fully saturated rings. The average molecular weight is 269 g/mol. The first-order valence-corrected chi connectivity index (χ1v) is 4.64. The van der Waals surface area contributed by atoms with E-state index >= 15 is 0 Å². The molecular weight excluding hydrogens is 264 g/mol. The Bertz CT molecular complexity index is 508. The zero-order valence-electron chi connectivity index (χ0n) is 8.50. The third-order valence-electron chi connectivity index (χ3n) is 2.15. The molecule has 0 aliphatic carbocycles. The van der Waals surface area contributed by atoms with Crippen molar-refractivity contribution in [3.05, 3.63) is 24.3 Å². The van der Waals surface area contributed by atoms with Gasteiger partial charge in [0.1, 0.15) is 11.0 Å². The molecule has 2 aromatic rings. The lowest BCUT2D eigenvalue weighted by Gasteiger charge is -2.21. The van der Waals surface area contributed by atoms with Crippen molar-refractivity contribution in [2.24, 2.45) is 0 Å². The number of benzene rings is 1. The molecular formula is C9H5F6N3. The van der Waals surface area contributed by atoms with Crippen LogP contribution in [-0.2, 0) is 0 Å². The molecule has 9 heteroatoms. The Morgan fingerprint density at radius 1 is 0.833 bits per heavy atom. The Kier molecular flexibility index (Phi) is 2.71. The van der Waals surface area contributed by atoms with Crippen molar-refractivity contribution in [1.29, 1.82) is 0 Å². The Labute approximate surface area is 96.0 Å². The van der Waals surface area contributed by atoms with Crippen LogP contribution in [-0.4, -0.2) is 27.3 Å². The molecule has 0 saturated heterocycles. The topological polar surface area (TPSA) is 30.7 Å². The summed E-state index contributed by atoms with van der Waals surface area (Å²) in [5, 5.41) is 6.42. The van der Waals surface area contributed by atoms with Gasteiger partial charge in [-0.05, 0) is 12.1 Å². The van der Waals surface area contributed by atoms with Gasteiger partial charge in [-0.1, -0.05) is 12.1 Å². The van der Waals surface area contributed by atoms with Crippen molar-refractivity contribution in [2.75, 3.05) is 0 Å².